The summed E-state index contributed by atoms with van der Waals surface area (Å²) in [4.78, 5) is 10.9. The van der Waals surface area contributed by atoms with Crippen molar-refractivity contribution < 1.29 is 5.11 Å². The van der Waals surface area contributed by atoms with Crippen LogP contribution in [0.1, 0.15) is 54.5 Å². The van der Waals surface area contributed by atoms with Gasteiger partial charge < -0.3 is 10.1 Å². The van der Waals surface area contributed by atoms with Crippen LogP contribution in [0.4, 0.5) is 0 Å². The number of hydrogen-bond acceptors (Lipinski definition) is 3. The first-order chi connectivity index (χ1) is 11.8. The van der Waals surface area contributed by atoms with Crippen molar-refractivity contribution in [3.63, 3.8) is 0 Å². The third kappa shape index (κ3) is 3.40. The predicted molar refractivity (Wildman–Crippen MR) is 94.9 cm³/mol. The number of benzene rings is 1. The van der Waals surface area contributed by atoms with E-state index in [1.165, 1.54) is 36.2 Å². The van der Waals surface area contributed by atoms with Crippen molar-refractivity contribution in [1.82, 2.24) is 14.9 Å². The first kappa shape index (κ1) is 15.9. The standard InChI is InChI=1S/C20H27N3O/c24-16(13-15-7-2-1-3-8-15)14-23-12-6-11-19(23)20-21-17-9-4-5-10-18(17)22-20/h1-3,7-8,16,19,24H,4-6,9-14H2,(H,21,22)/t16-,19-/m0/s1. The van der Waals surface area contributed by atoms with E-state index in [1.54, 1.807) is 0 Å². The van der Waals surface area contributed by atoms with Gasteiger partial charge >= 0.3 is 0 Å². The van der Waals surface area contributed by atoms with Gasteiger partial charge in [-0.25, -0.2) is 4.98 Å². The number of rotatable bonds is 5. The summed E-state index contributed by atoms with van der Waals surface area (Å²) in [6.45, 7) is 1.78. The van der Waals surface area contributed by atoms with E-state index in [4.69, 9.17) is 4.98 Å². The van der Waals surface area contributed by atoms with Gasteiger partial charge in [0.25, 0.3) is 0 Å². The number of aliphatic hydroxyl groups excluding tert-OH is 1. The minimum atomic E-state index is -0.322. The molecule has 1 aromatic heterocycles. The maximum absolute atomic E-state index is 10.5. The Kier molecular flexibility index (Phi) is 4.67. The van der Waals surface area contributed by atoms with Gasteiger partial charge in [0.15, 0.2) is 0 Å². The number of hydrogen-bond donors (Lipinski definition) is 2. The van der Waals surface area contributed by atoms with Crippen LogP contribution in [0.2, 0.25) is 0 Å². The number of H-pyrrole nitrogens is 1. The molecule has 2 aliphatic rings. The molecule has 0 saturated carbocycles. The molecule has 128 valence electrons. The molecule has 1 aliphatic carbocycles. The van der Waals surface area contributed by atoms with E-state index < -0.39 is 0 Å². The summed E-state index contributed by atoms with van der Waals surface area (Å²) >= 11 is 0. The molecule has 4 nitrogen and oxygen atoms in total. The molecule has 0 bridgehead atoms. The van der Waals surface area contributed by atoms with Gasteiger partial charge in [0.1, 0.15) is 5.82 Å². The maximum Gasteiger partial charge on any atom is 0.124 e. The summed E-state index contributed by atoms with van der Waals surface area (Å²) in [6.07, 6.45) is 7.54. The lowest BCUT2D eigenvalue weighted by molar-refractivity contribution is 0.104. The lowest BCUT2D eigenvalue weighted by Gasteiger charge is -2.25. The van der Waals surface area contributed by atoms with Gasteiger partial charge in [-0.1, -0.05) is 30.3 Å². The van der Waals surface area contributed by atoms with Crippen molar-refractivity contribution in [3.05, 3.63) is 53.1 Å². The van der Waals surface area contributed by atoms with Gasteiger partial charge in [0, 0.05) is 12.2 Å². The zero-order valence-electron chi connectivity index (χ0n) is 14.2. The second-order valence-electron chi connectivity index (χ2n) is 7.25. The van der Waals surface area contributed by atoms with Crippen LogP contribution in [0, 0.1) is 0 Å². The Labute approximate surface area is 143 Å². The predicted octanol–water partition coefficient (Wildman–Crippen LogP) is 3.03. The molecule has 4 rings (SSSR count). The van der Waals surface area contributed by atoms with E-state index in [0.29, 0.717) is 6.04 Å². The number of aryl methyl sites for hydroxylation is 2. The quantitative estimate of drug-likeness (QED) is 0.888. The Hall–Kier alpha value is -1.65. The fourth-order valence-electron chi connectivity index (χ4n) is 4.21. The van der Waals surface area contributed by atoms with E-state index >= 15 is 0 Å². The smallest absolute Gasteiger partial charge is 0.124 e. The minimum Gasteiger partial charge on any atom is -0.391 e. The van der Waals surface area contributed by atoms with Crippen LogP contribution in [0.15, 0.2) is 30.3 Å². The number of nitrogens with zero attached hydrogens (tertiary/aromatic N) is 2. The summed E-state index contributed by atoms with van der Waals surface area (Å²) in [7, 11) is 0. The molecule has 2 heterocycles. The zero-order valence-corrected chi connectivity index (χ0v) is 14.2. The summed E-state index contributed by atoms with van der Waals surface area (Å²) in [6, 6.07) is 10.6. The number of nitrogens with one attached hydrogen (secondary N) is 1. The fraction of sp³-hybridized carbons (Fsp3) is 0.550. The molecular formula is C20H27N3O. The van der Waals surface area contributed by atoms with Crippen LogP contribution in [0.25, 0.3) is 0 Å². The second-order valence-corrected chi connectivity index (χ2v) is 7.25. The Morgan fingerprint density at radius 1 is 1.17 bits per heavy atom. The summed E-state index contributed by atoms with van der Waals surface area (Å²) in [5.41, 5.74) is 3.84. The topological polar surface area (TPSA) is 52.1 Å². The molecule has 0 unspecified atom stereocenters. The molecule has 0 amide bonds. The molecule has 1 aromatic carbocycles. The van der Waals surface area contributed by atoms with Crippen LogP contribution in [-0.2, 0) is 19.3 Å². The summed E-state index contributed by atoms with van der Waals surface area (Å²) in [5.74, 6) is 1.13. The number of likely N-dealkylation sites (tertiary alicyclic amines) is 1. The Morgan fingerprint density at radius 3 is 2.83 bits per heavy atom. The first-order valence-electron chi connectivity index (χ1n) is 9.33. The highest BCUT2D eigenvalue weighted by atomic mass is 16.3. The van der Waals surface area contributed by atoms with Crippen LogP contribution < -0.4 is 0 Å². The number of β-amino-alcohol motifs (C(OH)–C–C–N with tert-alkyl or cyclic N) is 1. The molecule has 1 fully saturated rings. The highest BCUT2D eigenvalue weighted by Gasteiger charge is 2.30. The van der Waals surface area contributed by atoms with E-state index in [2.05, 4.69) is 22.0 Å². The molecule has 0 spiro atoms. The normalized spacial score (nSPS) is 22.5. The SMILES string of the molecule is O[C@@H](Cc1ccccc1)CN1CCC[C@H]1c1nc2c([nH]1)CCCC2. The zero-order chi connectivity index (χ0) is 16.4. The van der Waals surface area contributed by atoms with Crippen LogP contribution in [0.5, 0.6) is 0 Å². The van der Waals surface area contributed by atoms with Gasteiger partial charge in [-0.05, 0) is 57.1 Å². The van der Waals surface area contributed by atoms with Gasteiger partial charge in [-0.2, -0.15) is 0 Å². The molecule has 2 aromatic rings. The Bertz CT molecular complexity index is 643. The van der Waals surface area contributed by atoms with Gasteiger partial charge in [0.05, 0.1) is 17.8 Å². The largest absolute Gasteiger partial charge is 0.391 e. The molecular weight excluding hydrogens is 298 g/mol. The van der Waals surface area contributed by atoms with Crippen LogP contribution in [-0.4, -0.2) is 39.2 Å². The average Bonchev–Trinajstić information content (AvgIpc) is 3.21. The van der Waals surface area contributed by atoms with Crippen molar-refractivity contribution in [1.29, 1.82) is 0 Å². The molecule has 2 N–H and O–H groups in total. The molecule has 1 aliphatic heterocycles. The van der Waals surface area contributed by atoms with Crippen LogP contribution in [0.3, 0.4) is 0 Å². The third-order valence-corrected chi connectivity index (χ3v) is 5.41. The van der Waals surface area contributed by atoms with E-state index in [9.17, 15) is 5.11 Å². The third-order valence-electron chi connectivity index (χ3n) is 5.41. The van der Waals surface area contributed by atoms with E-state index in [-0.39, 0.29) is 6.10 Å². The Balaban J connectivity index is 1.42. The number of imidazole rings is 1. The highest BCUT2D eigenvalue weighted by Crippen LogP contribution is 2.32. The fourth-order valence-corrected chi connectivity index (χ4v) is 4.21. The summed E-state index contributed by atoms with van der Waals surface area (Å²) in [5, 5.41) is 10.5. The molecule has 1 saturated heterocycles. The molecule has 2 atom stereocenters. The van der Waals surface area contributed by atoms with Crippen molar-refractivity contribution >= 4 is 0 Å². The number of fused-ring (bicyclic) bond motifs is 1. The Morgan fingerprint density at radius 2 is 2.00 bits per heavy atom. The van der Waals surface area contributed by atoms with Gasteiger partial charge in [-0.3, -0.25) is 4.90 Å². The van der Waals surface area contributed by atoms with Crippen LogP contribution >= 0.6 is 0 Å². The summed E-state index contributed by atoms with van der Waals surface area (Å²) < 4.78 is 0. The maximum atomic E-state index is 10.5. The highest BCUT2D eigenvalue weighted by molar-refractivity contribution is 5.20. The van der Waals surface area contributed by atoms with Gasteiger partial charge in [0.2, 0.25) is 0 Å². The van der Waals surface area contributed by atoms with Crippen molar-refractivity contribution in [2.24, 2.45) is 0 Å². The van der Waals surface area contributed by atoms with Crippen molar-refractivity contribution in [2.45, 2.75) is 57.1 Å². The van der Waals surface area contributed by atoms with Gasteiger partial charge in [-0.15, -0.1) is 0 Å². The molecule has 24 heavy (non-hydrogen) atoms. The first-order valence-corrected chi connectivity index (χ1v) is 9.33. The van der Waals surface area contributed by atoms with Crippen molar-refractivity contribution in [2.75, 3.05) is 13.1 Å². The molecule has 4 heteroatoms. The number of aromatic nitrogens is 2. The lowest BCUT2D eigenvalue weighted by atomic mass is 10.0. The second kappa shape index (κ2) is 7.08. The van der Waals surface area contributed by atoms with Crippen molar-refractivity contribution in [3.8, 4) is 0 Å². The number of aliphatic hydroxyl groups is 1. The van der Waals surface area contributed by atoms with E-state index in [1.807, 2.05) is 18.2 Å². The average molecular weight is 325 g/mol. The lowest BCUT2D eigenvalue weighted by Crippen LogP contribution is -2.33. The number of aromatic amines is 1. The molecule has 0 radical (unpaired) electrons. The van der Waals surface area contributed by atoms with E-state index in [0.717, 1.165) is 44.6 Å². The minimum absolute atomic E-state index is 0.322. The monoisotopic (exact) mass is 325 g/mol.